The van der Waals surface area contributed by atoms with Crippen LogP contribution in [0, 0.1) is 23.7 Å². The number of ether oxygens (including phenoxy) is 12. The molecule has 3 aliphatic carbocycles. The second kappa shape index (κ2) is 59.6. The summed E-state index contributed by atoms with van der Waals surface area (Å²) in [4.78, 5) is 101. The van der Waals surface area contributed by atoms with E-state index < -0.39 is 0 Å². The number of carbonyl (C=O) groups excluding carboxylic acids is 9. The summed E-state index contributed by atoms with van der Waals surface area (Å²) < 4.78 is 69.8. The molecule has 9 fully saturated rings. The van der Waals surface area contributed by atoms with Crippen molar-refractivity contribution in [3.63, 3.8) is 0 Å². The van der Waals surface area contributed by atoms with Gasteiger partial charge in [-0.1, -0.05) is 196 Å². The minimum absolute atomic E-state index is 0.0559. The molecular weight excluding hydrogens is 1660 g/mol. The van der Waals surface area contributed by atoms with Crippen LogP contribution in [0.5, 0.6) is 0 Å². The van der Waals surface area contributed by atoms with Crippen LogP contribution >= 0.6 is 0 Å². The topological polar surface area (TPSA) is 356 Å². The largest absolute Gasteiger partial charge is 0.460 e. The van der Waals surface area contributed by atoms with E-state index >= 15 is 0 Å². The molecule has 1 aromatic rings. The van der Waals surface area contributed by atoms with Crippen molar-refractivity contribution in [2.75, 3.05) is 87.0 Å². The van der Waals surface area contributed by atoms with Gasteiger partial charge in [-0.15, -0.1) is 0 Å². The Labute approximate surface area is 781 Å². The van der Waals surface area contributed by atoms with Crippen LogP contribution < -0.4 is 31.9 Å². The standard InChI is InChI=1S/C20H32N2O2.3C18H28O5.C16H32N2O2.C13H26N2O2/c1-2-3-4-5-6-10-14-22-20(24)13-15-21-19(17-23)16-18-11-8-7-9-12-18;3*1-11(2)6-7-14-17(4,23-14)16-15(20-5)13(22-12(3)19)8-9-18(16)10-21-18;1-4-5-6-7-8-9-11-18-16(20)10-12-17-15(13-19)14(2)3;1-2-3-4-5-6-7-9-15-13(17)8-10-14-11-12-16/h7-9,11-12,17,19,21H,2-6,10,13-16H2,1H3,(H,22,24);3*6,13-16H,7-10H2,1-5H3;13-15,17H,4-12H2,1-3H3,(H,18,20);12,14H,2-11H2,1H3,(H,15,17)/t19-;3*13?,14-,15?,16?,17+,18+;15-;/m01111./s1. The van der Waals surface area contributed by atoms with E-state index in [9.17, 15) is 43.2 Å². The fourth-order valence-electron chi connectivity index (χ4n) is 19.1. The Morgan fingerprint density at radius 2 is 0.746 bits per heavy atom. The molecule has 3 spiro atoms. The van der Waals surface area contributed by atoms with Crippen LogP contribution in [0.4, 0.5) is 0 Å². The SMILES string of the molecule is CCCCCCCCNC(=O)CCNCC=O.CCCCCCCCNC(=O)CCN[C@H](C=O)C(C)C.CCCCCCCCNC(=O)CCN[C@H](C=O)Cc1ccccc1.COC1C(OC(C)=O)CC[C@]2(CO2)C1[C@@]1(C)O[C@@H]1CC=C(C)C.COC1C(OC(C)=O)CC[C@]2(CO2)C1[C@@]1(C)O[C@@H]1CC=C(C)C.COC1C(OC(C)=O)CC[C@]2(CO2)C1[C@@]1(C)O[C@@H]1CC=C(C)C. The third-order valence-electron chi connectivity index (χ3n) is 26.8. The van der Waals surface area contributed by atoms with E-state index in [0.29, 0.717) is 51.9 Å². The van der Waals surface area contributed by atoms with Crippen molar-refractivity contribution < 1.29 is 100.0 Å². The average molecular weight is 1830 g/mol. The van der Waals surface area contributed by atoms with Crippen molar-refractivity contribution in [3.8, 4) is 0 Å². The van der Waals surface area contributed by atoms with Gasteiger partial charge in [0.2, 0.25) is 17.7 Å². The number of carbonyl (C=O) groups is 9. The lowest BCUT2D eigenvalue weighted by atomic mass is 9.68. The molecule has 27 nitrogen and oxygen atoms in total. The lowest BCUT2D eigenvalue weighted by Crippen LogP contribution is -2.55. The molecule has 6 saturated heterocycles. The van der Waals surface area contributed by atoms with E-state index in [2.05, 4.69) is 133 Å². The fraction of sp³-hybridized carbons (Fsp3) is 0.796. The molecule has 10 rings (SSSR count). The summed E-state index contributed by atoms with van der Waals surface area (Å²) in [5.41, 5.74) is 3.70. The molecule has 6 heterocycles. The molecule has 130 heavy (non-hydrogen) atoms. The summed E-state index contributed by atoms with van der Waals surface area (Å²) in [7, 11) is 5.06. The van der Waals surface area contributed by atoms with E-state index in [-0.39, 0.29) is 160 Å². The fourth-order valence-corrected chi connectivity index (χ4v) is 19.1. The lowest BCUT2D eigenvalue weighted by Gasteiger charge is -2.42. The van der Waals surface area contributed by atoms with Crippen molar-refractivity contribution in [1.29, 1.82) is 0 Å². The Kier molecular flexibility index (Phi) is 52.4. The van der Waals surface area contributed by atoms with Gasteiger partial charge in [-0.3, -0.25) is 28.8 Å². The van der Waals surface area contributed by atoms with Gasteiger partial charge in [-0.05, 0) is 157 Å². The van der Waals surface area contributed by atoms with Gasteiger partial charge in [-0.2, -0.15) is 0 Å². The summed E-state index contributed by atoms with van der Waals surface area (Å²) >= 11 is 0. The van der Waals surface area contributed by atoms with Crippen LogP contribution in [0.3, 0.4) is 0 Å². The van der Waals surface area contributed by atoms with Crippen molar-refractivity contribution >= 4 is 54.5 Å². The van der Waals surface area contributed by atoms with Crippen molar-refractivity contribution in [3.05, 3.63) is 70.8 Å². The Bertz CT molecular complexity index is 3360. The van der Waals surface area contributed by atoms with E-state index in [0.717, 1.165) is 141 Å². The van der Waals surface area contributed by atoms with Gasteiger partial charge < -0.3 is 103 Å². The molecule has 3 saturated carbocycles. The monoisotopic (exact) mass is 1830 g/mol. The van der Waals surface area contributed by atoms with Crippen LogP contribution in [0.1, 0.15) is 316 Å². The third-order valence-corrected chi connectivity index (χ3v) is 26.8. The van der Waals surface area contributed by atoms with Crippen LogP contribution in [-0.4, -0.2) is 242 Å². The Morgan fingerprint density at radius 3 is 1.02 bits per heavy atom. The zero-order chi connectivity index (χ0) is 95.9. The first kappa shape index (κ1) is 114. The molecule has 742 valence electrons. The van der Waals surface area contributed by atoms with Crippen molar-refractivity contribution in [1.82, 2.24) is 31.9 Å². The number of epoxide rings is 6. The molecule has 6 aliphatic heterocycles. The summed E-state index contributed by atoms with van der Waals surface area (Å²) in [6.07, 6.45) is 40.4. The number of hydrogen-bond donors (Lipinski definition) is 6. The van der Waals surface area contributed by atoms with Gasteiger partial charge >= 0.3 is 17.9 Å². The van der Waals surface area contributed by atoms with Crippen LogP contribution in [0.25, 0.3) is 0 Å². The zero-order valence-corrected chi connectivity index (χ0v) is 83.6. The maximum atomic E-state index is 11.8. The molecule has 0 aromatic heterocycles. The molecule has 9 unspecified atom stereocenters. The number of hydrogen-bond acceptors (Lipinski definition) is 24. The van der Waals surface area contributed by atoms with Gasteiger partial charge in [0.15, 0.2) is 0 Å². The van der Waals surface area contributed by atoms with E-state index in [1.165, 1.54) is 134 Å². The number of benzene rings is 1. The molecule has 27 heteroatoms. The second-order valence-corrected chi connectivity index (χ2v) is 38.8. The number of esters is 3. The van der Waals surface area contributed by atoms with E-state index in [1.54, 1.807) is 21.3 Å². The third kappa shape index (κ3) is 39.6. The van der Waals surface area contributed by atoms with Crippen LogP contribution in [0.2, 0.25) is 0 Å². The molecule has 1 aromatic carbocycles. The van der Waals surface area contributed by atoms with Gasteiger partial charge in [0.25, 0.3) is 0 Å². The van der Waals surface area contributed by atoms with Crippen molar-refractivity contribution in [2.45, 2.75) is 417 Å². The number of allylic oxidation sites excluding steroid dienone is 3. The highest BCUT2D eigenvalue weighted by Gasteiger charge is 2.75. The zero-order valence-electron chi connectivity index (χ0n) is 83.6. The van der Waals surface area contributed by atoms with Crippen LogP contribution in [-0.2, 0) is 106 Å². The highest BCUT2D eigenvalue weighted by atomic mass is 16.7. The average Bonchev–Trinajstić information content (AvgIpc) is 1.54. The summed E-state index contributed by atoms with van der Waals surface area (Å²) in [5, 5.41) is 17.9. The number of methoxy groups -OCH3 is 3. The summed E-state index contributed by atoms with van der Waals surface area (Å²) in [6, 6.07) is 9.51. The number of aldehydes is 3. The lowest BCUT2D eigenvalue weighted by molar-refractivity contribution is -0.169. The quantitative estimate of drug-likeness (QED) is 0.00881. The Hall–Kier alpha value is -6.21. The van der Waals surface area contributed by atoms with Gasteiger partial charge in [0.1, 0.15) is 89.1 Å². The number of unbranched alkanes of at least 4 members (excludes halogenated alkanes) is 15. The molecule has 6 N–H and O–H groups in total. The van der Waals surface area contributed by atoms with E-state index in [4.69, 9.17) is 56.8 Å². The molecule has 20 atom stereocenters. The Balaban J connectivity index is 0.000000277. The summed E-state index contributed by atoms with van der Waals surface area (Å²) in [6.45, 7) is 40.5. The highest BCUT2D eigenvalue weighted by Crippen LogP contribution is 2.63. The maximum absolute atomic E-state index is 11.8. The minimum Gasteiger partial charge on any atom is -0.460 e. The smallest absolute Gasteiger partial charge is 0.302 e. The van der Waals surface area contributed by atoms with E-state index in [1.807, 2.05) is 44.2 Å². The maximum Gasteiger partial charge on any atom is 0.302 e. The van der Waals surface area contributed by atoms with Gasteiger partial charge in [-0.25, -0.2) is 0 Å². The number of nitrogens with one attached hydrogen (secondary N) is 6. The van der Waals surface area contributed by atoms with Gasteiger partial charge in [0.05, 0.1) is 74.5 Å². The summed E-state index contributed by atoms with van der Waals surface area (Å²) in [5.74, 6) is -0.0456. The predicted octanol–water partition coefficient (Wildman–Crippen LogP) is 15.4. The highest BCUT2D eigenvalue weighted by molar-refractivity contribution is 5.77. The second-order valence-electron chi connectivity index (χ2n) is 38.8. The molecular formula is C103H174N6O21. The first-order valence-corrected chi connectivity index (χ1v) is 49.5. The Morgan fingerprint density at radius 1 is 0.431 bits per heavy atom. The predicted molar refractivity (Wildman–Crippen MR) is 508 cm³/mol. The normalized spacial score (nSPS) is 29.2. The first-order valence-electron chi connectivity index (χ1n) is 49.5. The molecule has 3 amide bonds. The number of rotatable bonds is 54. The molecule has 0 radical (unpaired) electrons. The molecule has 0 bridgehead atoms. The first-order chi connectivity index (χ1) is 62.1. The van der Waals surface area contributed by atoms with Crippen molar-refractivity contribution in [2.24, 2.45) is 23.7 Å². The number of amides is 3. The molecule has 9 aliphatic rings. The van der Waals surface area contributed by atoms with Gasteiger partial charge in [0, 0.05) is 101 Å². The minimum atomic E-state index is -0.276. The van der Waals surface area contributed by atoms with Crippen LogP contribution in [0.15, 0.2) is 65.3 Å².